The van der Waals surface area contributed by atoms with Crippen LogP contribution in [0.3, 0.4) is 0 Å². The zero-order valence-electron chi connectivity index (χ0n) is 7.34. The molecule has 1 atom stereocenters. The number of hydrogen-bond acceptors (Lipinski definition) is 2. The summed E-state index contributed by atoms with van der Waals surface area (Å²) >= 11 is 0. The third-order valence-electron chi connectivity index (χ3n) is 1.74. The van der Waals surface area contributed by atoms with Gasteiger partial charge in [-0.1, -0.05) is 26.2 Å². The molecule has 0 spiro atoms. The summed E-state index contributed by atoms with van der Waals surface area (Å²) in [6.07, 6.45) is 6.02. The summed E-state index contributed by atoms with van der Waals surface area (Å²) in [6, 6.07) is 0. The van der Waals surface area contributed by atoms with Crippen LogP contribution in [0.4, 0.5) is 0 Å². The quantitative estimate of drug-likeness (QED) is 0.461. The summed E-state index contributed by atoms with van der Waals surface area (Å²) in [7, 11) is 0. The molecule has 0 aromatic carbocycles. The third kappa shape index (κ3) is 7.82. The van der Waals surface area contributed by atoms with Crippen molar-refractivity contribution in [2.45, 2.75) is 38.7 Å². The van der Waals surface area contributed by atoms with Gasteiger partial charge in [-0.05, 0) is 6.42 Å². The Hall–Kier alpha value is -0.0800. The van der Waals surface area contributed by atoms with Gasteiger partial charge in [-0.3, -0.25) is 0 Å². The van der Waals surface area contributed by atoms with Crippen molar-refractivity contribution < 1.29 is 9.47 Å². The molecule has 1 unspecified atom stereocenters. The highest BCUT2D eigenvalue weighted by atomic mass is 16.6. The normalized spacial score (nSPS) is 25.4. The van der Waals surface area contributed by atoms with E-state index in [-0.39, 0.29) is 0 Å². The lowest BCUT2D eigenvalue weighted by atomic mass is 10.2. The Morgan fingerprint density at radius 3 is 2.27 bits per heavy atom. The molecule has 0 amide bonds. The lowest BCUT2D eigenvalue weighted by molar-refractivity contribution is 0.389. The molecule has 2 rings (SSSR count). The Labute approximate surface area is 68.9 Å². The molecule has 2 fully saturated rings. The van der Waals surface area contributed by atoms with Gasteiger partial charge in [0.05, 0.1) is 25.9 Å². The first-order chi connectivity index (χ1) is 5.43. The van der Waals surface area contributed by atoms with Gasteiger partial charge >= 0.3 is 0 Å². The minimum Gasteiger partial charge on any atom is -0.377 e. The van der Waals surface area contributed by atoms with Crippen LogP contribution in [-0.2, 0) is 9.47 Å². The fourth-order valence-electron chi connectivity index (χ4n) is 0.857. The summed E-state index contributed by atoms with van der Waals surface area (Å²) in [5, 5.41) is 0. The fraction of sp³-hybridized carbons (Fsp3) is 1.00. The van der Waals surface area contributed by atoms with Crippen LogP contribution in [0.25, 0.3) is 0 Å². The van der Waals surface area contributed by atoms with Gasteiger partial charge in [-0.25, -0.2) is 0 Å². The van der Waals surface area contributed by atoms with Crippen molar-refractivity contribution in [3.05, 3.63) is 0 Å². The Kier molecular flexibility index (Phi) is 4.55. The lowest BCUT2D eigenvalue weighted by Gasteiger charge is -1.90. The van der Waals surface area contributed by atoms with Gasteiger partial charge in [0.25, 0.3) is 0 Å². The van der Waals surface area contributed by atoms with Crippen molar-refractivity contribution in [1.82, 2.24) is 0 Å². The van der Waals surface area contributed by atoms with Gasteiger partial charge in [-0.15, -0.1) is 0 Å². The van der Waals surface area contributed by atoms with Crippen molar-refractivity contribution in [3.8, 4) is 0 Å². The van der Waals surface area contributed by atoms with Gasteiger partial charge in [0.2, 0.25) is 0 Å². The maximum Gasteiger partial charge on any atom is 0.0810 e. The second kappa shape index (κ2) is 5.56. The van der Waals surface area contributed by atoms with Crippen LogP contribution in [0.15, 0.2) is 0 Å². The predicted molar refractivity (Wildman–Crippen MR) is 44.7 cm³/mol. The first-order valence-electron chi connectivity index (χ1n) is 4.63. The minimum absolute atomic E-state index is 0.654. The van der Waals surface area contributed by atoms with Crippen molar-refractivity contribution in [3.63, 3.8) is 0 Å². The first kappa shape index (κ1) is 9.01. The molecule has 0 bridgehead atoms. The van der Waals surface area contributed by atoms with Crippen LogP contribution in [-0.4, -0.2) is 25.9 Å². The number of rotatable bonds is 4. The molecule has 0 aromatic heterocycles. The molecule has 0 radical (unpaired) electrons. The van der Waals surface area contributed by atoms with E-state index in [0.29, 0.717) is 6.10 Å². The predicted octanol–water partition coefficient (Wildman–Crippen LogP) is 1.98. The number of unbranched alkanes of at least 4 members (excludes halogenated alkanes) is 2. The second-order valence-corrected chi connectivity index (χ2v) is 3.06. The van der Waals surface area contributed by atoms with Crippen LogP contribution < -0.4 is 0 Å². The van der Waals surface area contributed by atoms with Crippen molar-refractivity contribution in [2.24, 2.45) is 0 Å². The standard InChI is InChI=1S/C7H14O.C2H4O/c1-2-3-4-5-7-6-8-7;1-2-3-1/h7H,2-6H2,1H3;1-2H2. The zero-order chi connectivity index (χ0) is 7.94. The summed E-state index contributed by atoms with van der Waals surface area (Å²) < 4.78 is 9.56. The summed E-state index contributed by atoms with van der Waals surface area (Å²) in [5.74, 6) is 0. The molecular weight excluding hydrogens is 140 g/mol. The molecule has 2 aliphatic rings. The Bertz CT molecular complexity index is 84.8. The van der Waals surface area contributed by atoms with Crippen LogP contribution in [0, 0.1) is 0 Å². The maximum absolute atomic E-state index is 5.06. The van der Waals surface area contributed by atoms with E-state index in [1.54, 1.807) is 0 Å². The van der Waals surface area contributed by atoms with Crippen LogP contribution in [0.2, 0.25) is 0 Å². The fourth-order valence-corrected chi connectivity index (χ4v) is 0.857. The maximum atomic E-state index is 5.06. The first-order valence-corrected chi connectivity index (χ1v) is 4.63. The average molecular weight is 158 g/mol. The van der Waals surface area contributed by atoms with Crippen molar-refractivity contribution >= 4 is 0 Å². The van der Waals surface area contributed by atoms with Crippen molar-refractivity contribution in [1.29, 1.82) is 0 Å². The van der Waals surface area contributed by atoms with E-state index in [2.05, 4.69) is 11.7 Å². The molecule has 0 aromatic rings. The highest BCUT2D eigenvalue weighted by molar-refractivity contribution is 4.67. The van der Waals surface area contributed by atoms with Gasteiger partial charge < -0.3 is 9.47 Å². The SMILES string of the molecule is C1CO1.CCCCCC1CO1. The Morgan fingerprint density at radius 2 is 1.91 bits per heavy atom. The average Bonchev–Trinajstić information content (AvgIpc) is 2.87. The van der Waals surface area contributed by atoms with Crippen molar-refractivity contribution in [2.75, 3.05) is 19.8 Å². The molecule has 2 nitrogen and oxygen atoms in total. The molecule has 66 valence electrons. The van der Waals surface area contributed by atoms with Crippen LogP contribution in [0.5, 0.6) is 0 Å². The highest BCUT2D eigenvalue weighted by Gasteiger charge is 2.20. The molecule has 2 heteroatoms. The summed E-state index contributed by atoms with van der Waals surface area (Å²) in [6.45, 7) is 5.26. The molecule has 11 heavy (non-hydrogen) atoms. The largest absolute Gasteiger partial charge is 0.377 e. The van der Waals surface area contributed by atoms with E-state index in [0.717, 1.165) is 19.8 Å². The number of ether oxygens (including phenoxy) is 2. The molecule has 0 saturated carbocycles. The van der Waals surface area contributed by atoms with Gasteiger partial charge in [0, 0.05) is 0 Å². The minimum atomic E-state index is 0.654. The zero-order valence-corrected chi connectivity index (χ0v) is 7.34. The Balaban J connectivity index is 0.000000167. The lowest BCUT2D eigenvalue weighted by Crippen LogP contribution is -1.83. The molecule has 0 aliphatic carbocycles. The molecular formula is C9H18O2. The smallest absolute Gasteiger partial charge is 0.0810 e. The molecule has 2 aliphatic heterocycles. The van der Waals surface area contributed by atoms with E-state index in [1.165, 1.54) is 25.7 Å². The van der Waals surface area contributed by atoms with Crippen LogP contribution >= 0.6 is 0 Å². The number of hydrogen-bond donors (Lipinski definition) is 0. The Morgan fingerprint density at radius 1 is 1.27 bits per heavy atom. The molecule has 0 N–H and O–H groups in total. The topological polar surface area (TPSA) is 25.1 Å². The van der Waals surface area contributed by atoms with E-state index >= 15 is 0 Å². The van der Waals surface area contributed by atoms with Crippen LogP contribution in [0.1, 0.15) is 32.6 Å². The molecule has 2 saturated heterocycles. The highest BCUT2D eigenvalue weighted by Crippen LogP contribution is 2.16. The van der Waals surface area contributed by atoms with E-state index in [1.807, 2.05) is 0 Å². The summed E-state index contributed by atoms with van der Waals surface area (Å²) in [4.78, 5) is 0. The number of epoxide rings is 2. The summed E-state index contributed by atoms with van der Waals surface area (Å²) in [5.41, 5.74) is 0. The van der Waals surface area contributed by atoms with Gasteiger partial charge in [0.1, 0.15) is 0 Å². The second-order valence-electron chi connectivity index (χ2n) is 3.06. The van der Waals surface area contributed by atoms with E-state index in [9.17, 15) is 0 Å². The monoisotopic (exact) mass is 158 g/mol. The third-order valence-corrected chi connectivity index (χ3v) is 1.74. The molecule has 2 heterocycles. The van der Waals surface area contributed by atoms with E-state index < -0.39 is 0 Å². The van der Waals surface area contributed by atoms with Gasteiger partial charge in [-0.2, -0.15) is 0 Å². The van der Waals surface area contributed by atoms with E-state index in [4.69, 9.17) is 4.74 Å². The van der Waals surface area contributed by atoms with Gasteiger partial charge in [0.15, 0.2) is 0 Å².